The van der Waals surface area contributed by atoms with Crippen LogP contribution in [-0.2, 0) is 4.74 Å². The predicted octanol–water partition coefficient (Wildman–Crippen LogP) is 9.16. The maximum atomic E-state index is 5.99. The molecule has 29 heavy (non-hydrogen) atoms. The van der Waals surface area contributed by atoms with Crippen molar-refractivity contribution in [3.63, 3.8) is 0 Å². The van der Waals surface area contributed by atoms with Gasteiger partial charge in [0, 0.05) is 0 Å². The highest BCUT2D eigenvalue weighted by atomic mass is 16.5. The molecule has 0 aliphatic carbocycles. The molecule has 0 aromatic carbocycles. The van der Waals surface area contributed by atoms with Crippen LogP contribution in [0.5, 0.6) is 0 Å². The molecule has 0 spiro atoms. The summed E-state index contributed by atoms with van der Waals surface area (Å²) in [6, 6.07) is 0. The molecule has 2 atom stereocenters. The molecule has 2 N–H and O–H groups in total. The fraction of sp³-hybridized carbons (Fsp3) is 1.00. The van der Waals surface area contributed by atoms with Crippen molar-refractivity contribution in [3.8, 4) is 0 Å². The lowest BCUT2D eigenvalue weighted by Gasteiger charge is -2.19. The van der Waals surface area contributed by atoms with Crippen LogP contribution in [0, 0.1) is 5.92 Å². The summed E-state index contributed by atoms with van der Waals surface area (Å²) in [5.41, 5.74) is 5.99. The van der Waals surface area contributed by atoms with E-state index in [1.807, 2.05) is 0 Å². The molecule has 0 aromatic heterocycles. The Kier molecular flexibility index (Phi) is 24.1. The van der Waals surface area contributed by atoms with Gasteiger partial charge in [0.1, 0.15) is 6.23 Å². The van der Waals surface area contributed by atoms with E-state index >= 15 is 0 Å². The third-order valence-electron chi connectivity index (χ3n) is 6.38. The fourth-order valence-corrected chi connectivity index (χ4v) is 4.18. The summed E-state index contributed by atoms with van der Waals surface area (Å²) in [5.74, 6) is 0.724. The van der Waals surface area contributed by atoms with E-state index in [1.54, 1.807) is 0 Å². The first-order valence-electron chi connectivity index (χ1n) is 13.6. The molecule has 0 heterocycles. The average Bonchev–Trinajstić information content (AvgIpc) is 2.74. The topological polar surface area (TPSA) is 35.2 Å². The van der Waals surface area contributed by atoms with Crippen LogP contribution in [0.4, 0.5) is 0 Å². The lowest BCUT2D eigenvalue weighted by Crippen LogP contribution is -2.25. The van der Waals surface area contributed by atoms with Crippen LogP contribution >= 0.6 is 0 Å². The van der Waals surface area contributed by atoms with Crippen molar-refractivity contribution in [2.24, 2.45) is 11.7 Å². The minimum absolute atomic E-state index is 0.0660. The summed E-state index contributed by atoms with van der Waals surface area (Å²) in [6.07, 6.45) is 29.0. The summed E-state index contributed by atoms with van der Waals surface area (Å²) in [7, 11) is 0. The summed E-state index contributed by atoms with van der Waals surface area (Å²) >= 11 is 0. The van der Waals surface area contributed by atoms with Crippen LogP contribution in [0.25, 0.3) is 0 Å². The second-order valence-corrected chi connectivity index (χ2v) is 9.38. The number of nitrogens with two attached hydrogens (primary N) is 1. The fourth-order valence-electron chi connectivity index (χ4n) is 4.18. The molecule has 0 amide bonds. The Hall–Kier alpha value is -0.0800. The average molecular weight is 412 g/mol. The molecule has 0 fully saturated rings. The first-order valence-corrected chi connectivity index (χ1v) is 13.6. The highest BCUT2D eigenvalue weighted by molar-refractivity contribution is 4.62. The van der Waals surface area contributed by atoms with Gasteiger partial charge in [0.25, 0.3) is 0 Å². The lowest BCUT2D eigenvalue weighted by molar-refractivity contribution is 0.0258. The number of hydrogen-bond donors (Lipinski definition) is 1. The van der Waals surface area contributed by atoms with Crippen molar-refractivity contribution >= 4 is 0 Å². The van der Waals surface area contributed by atoms with E-state index in [2.05, 4.69) is 20.8 Å². The minimum atomic E-state index is -0.0660. The van der Waals surface area contributed by atoms with Crippen molar-refractivity contribution in [3.05, 3.63) is 0 Å². The first-order chi connectivity index (χ1) is 14.2. The number of unbranched alkanes of at least 4 members (excludes halogenated alkanes) is 16. The van der Waals surface area contributed by atoms with E-state index in [4.69, 9.17) is 10.5 Å². The molecule has 176 valence electrons. The van der Waals surface area contributed by atoms with Crippen molar-refractivity contribution in [1.82, 2.24) is 0 Å². The molecule has 0 bridgehead atoms. The van der Waals surface area contributed by atoms with Crippen molar-refractivity contribution in [2.45, 2.75) is 162 Å². The third kappa shape index (κ3) is 22.4. The normalized spacial score (nSPS) is 13.7. The zero-order valence-electron chi connectivity index (χ0n) is 20.7. The quantitative estimate of drug-likeness (QED) is 0.127. The SMILES string of the molecule is CCCCCCCCCCCCC(CCCCCCCCCC)COC(N)CC. The second-order valence-electron chi connectivity index (χ2n) is 9.38. The maximum absolute atomic E-state index is 5.99. The van der Waals surface area contributed by atoms with E-state index in [1.165, 1.54) is 128 Å². The summed E-state index contributed by atoms with van der Waals surface area (Å²) in [5, 5.41) is 0. The van der Waals surface area contributed by atoms with Crippen LogP contribution in [-0.4, -0.2) is 12.8 Å². The molecule has 2 heteroatoms. The summed E-state index contributed by atoms with van der Waals surface area (Å²) in [4.78, 5) is 0. The van der Waals surface area contributed by atoms with Crippen LogP contribution in [0.2, 0.25) is 0 Å². The molecule has 0 rings (SSSR count). The van der Waals surface area contributed by atoms with Crippen LogP contribution < -0.4 is 5.73 Å². The molecule has 2 nitrogen and oxygen atoms in total. The molecular formula is C27H57NO. The molecule has 0 saturated carbocycles. The van der Waals surface area contributed by atoms with Gasteiger partial charge in [-0.05, 0) is 25.2 Å². The lowest BCUT2D eigenvalue weighted by atomic mass is 9.94. The van der Waals surface area contributed by atoms with Crippen LogP contribution in [0.15, 0.2) is 0 Å². The molecule has 0 radical (unpaired) electrons. The van der Waals surface area contributed by atoms with Crippen LogP contribution in [0.3, 0.4) is 0 Å². The van der Waals surface area contributed by atoms with Gasteiger partial charge in [-0.1, -0.05) is 136 Å². The summed E-state index contributed by atoms with van der Waals surface area (Å²) in [6.45, 7) is 7.58. The Morgan fingerprint density at radius 2 is 0.862 bits per heavy atom. The van der Waals surface area contributed by atoms with Gasteiger partial charge < -0.3 is 10.5 Å². The second kappa shape index (κ2) is 24.2. The van der Waals surface area contributed by atoms with Crippen molar-refractivity contribution < 1.29 is 4.74 Å². The van der Waals surface area contributed by atoms with Gasteiger partial charge in [-0.25, -0.2) is 0 Å². The molecule has 0 saturated heterocycles. The zero-order chi connectivity index (χ0) is 21.4. The first kappa shape index (κ1) is 28.9. The van der Waals surface area contributed by atoms with Gasteiger partial charge >= 0.3 is 0 Å². The smallest absolute Gasteiger partial charge is 0.105 e. The van der Waals surface area contributed by atoms with E-state index in [-0.39, 0.29) is 6.23 Å². The van der Waals surface area contributed by atoms with Crippen molar-refractivity contribution in [2.75, 3.05) is 6.61 Å². The molecule has 0 aliphatic rings. The Morgan fingerprint density at radius 1 is 0.517 bits per heavy atom. The molecular weight excluding hydrogens is 354 g/mol. The van der Waals surface area contributed by atoms with Gasteiger partial charge in [-0.3, -0.25) is 0 Å². The largest absolute Gasteiger partial charge is 0.363 e. The number of rotatable bonds is 24. The van der Waals surface area contributed by atoms with Gasteiger partial charge in [0.2, 0.25) is 0 Å². The van der Waals surface area contributed by atoms with E-state index in [0.29, 0.717) is 0 Å². The third-order valence-corrected chi connectivity index (χ3v) is 6.38. The van der Waals surface area contributed by atoms with Crippen LogP contribution in [0.1, 0.15) is 156 Å². The Morgan fingerprint density at radius 3 is 1.21 bits per heavy atom. The van der Waals surface area contributed by atoms with Gasteiger partial charge in [-0.15, -0.1) is 0 Å². The Bertz CT molecular complexity index is 294. The Labute approximate surface area is 185 Å². The highest BCUT2D eigenvalue weighted by Gasteiger charge is 2.11. The van der Waals surface area contributed by atoms with Crippen molar-refractivity contribution in [1.29, 1.82) is 0 Å². The Balaban J connectivity index is 3.74. The molecule has 2 unspecified atom stereocenters. The monoisotopic (exact) mass is 411 g/mol. The molecule has 0 aromatic rings. The van der Waals surface area contributed by atoms with Gasteiger partial charge in [0.15, 0.2) is 0 Å². The highest BCUT2D eigenvalue weighted by Crippen LogP contribution is 2.20. The maximum Gasteiger partial charge on any atom is 0.105 e. The summed E-state index contributed by atoms with van der Waals surface area (Å²) < 4.78 is 5.90. The van der Waals surface area contributed by atoms with Gasteiger partial charge in [-0.2, -0.15) is 0 Å². The van der Waals surface area contributed by atoms with E-state index in [9.17, 15) is 0 Å². The molecule has 0 aliphatic heterocycles. The van der Waals surface area contributed by atoms with Gasteiger partial charge in [0.05, 0.1) is 6.61 Å². The number of ether oxygens (including phenoxy) is 1. The predicted molar refractivity (Wildman–Crippen MR) is 131 cm³/mol. The minimum Gasteiger partial charge on any atom is -0.363 e. The standard InChI is InChI=1S/C27H57NO/c1-4-7-9-11-13-15-16-18-20-22-24-26(25-29-27(28)6-3)23-21-19-17-14-12-10-8-5-2/h26-27H,4-25,28H2,1-3H3. The number of hydrogen-bond acceptors (Lipinski definition) is 2. The van der Waals surface area contributed by atoms with E-state index < -0.39 is 0 Å². The van der Waals surface area contributed by atoms with E-state index in [0.717, 1.165) is 18.9 Å². The zero-order valence-corrected chi connectivity index (χ0v) is 20.7.